The van der Waals surface area contributed by atoms with Gasteiger partial charge in [0.1, 0.15) is 12.7 Å². The molecule has 0 radical (unpaired) electrons. The Morgan fingerprint density at radius 2 is 2.00 bits per heavy atom. The standard InChI is InChI=1S/C14H16N6/c1-11(12-7-17-19(2)8-12)18-13-4-3-5-14(6-13)20-9-15-16-10-20/h3-11,18H,1-2H3. The molecule has 1 atom stereocenters. The van der Waals surface area contributed by atoms with Crippen molar-refractivity contribution < 1.29 is 0 Å². The number of rotatable bonds is 4. The van der Waals surface area contributed by atoms with E-state index < -0.39 is 0 Å². The average molecular weight is 268 g/mol. The van der Waals surface area contributed by atoms with Gasteiger partial charge in [0, 0.05) is 24.5 Å². The van der Waals surface area contributed by atoms with Crippen LogP contribution in [0.1, 0.15) is 18.5 Å². The topological polar surface area (TPSA) is 60.6 Å². The van der Waals surface area contributed by atoms with E-state index in [9.17, 15) is 0 Å². The molecule has 0 spiro atoms. The van der Waals surface area contributed by atoms with Crippen LogP contribution < -0.4 is 5.32 Å². The van der Waals surface area contributed by atoms with Crippen LogP contribution >= 0.6 is 0 Å². The highest BCUT2D eigenvalue weighted by Gasteiger charge is 2.07. The third-order valence-electron chi connectivity index (χ3n) is 3.17. The molecule has 0 bridgehead atoms. The van der Waals surface area contributed by atoms with Gasteiger partial charge in [-0.3, -0.25) is 9.25 Å². The van der Waals surface area contributed by atoms with Crippen molar-refractivity contribution in [3.8, 4) is 5.69 Å². The second-order valence-electron chi connectivity index (χ2n) is 4.73. The van der Waals surface area contributed by atoms with Gasteiger partial charge in [0.15, 0.2) is 0 Å². The predicted octanol–water partition coefficient (Wildman–Crippen LogP) is 2.17. The van der Waals surface area contributed by atoms with E-state index in [1.54, 1.807) is 17.3 Å². The second kappa shape index (κ2) is 5.16. The lowest BCUT2D eigenvalue weighted by Gasteiger charge is -2.14. The summed E-state index contributed by atoms with van der Waals surface area (Å²) in [6.07, 6.45) is 7.26. The number of aromatic nitrogens is 5. The summed E-state index contributed by atoms with van der Waals surface area (Å²) in [6, 6.07) is 8.33. The molecule has 0 amide bonds. The Bertz CT molecular complexity index is 685. The van der Waals surface area contributed by atoms with Crippen molar-refractivity contribution in [1.82, 2.24) is 24.5 Å². The van der Waals surface area contributed by atoms with Crippen LogP contribution in [-0.4, -0.2) is 24.5 Å². The molecule has 0 aliphatic heterocycles. The molecule has 1 aromatic carbocycles. The van der Waals surface area contributed by atoms with Crippen LogP contribution in [0.2, 0.25) is 0 Å². The van der Waals surface area contributed by atoms with E-state index in [0.29, 0.717) is 0 Å². The summed E-state index contributed by atoms with van der Waals surface area (Å²) in [4.78, 5) is 0. The first kappa shape index (κ1) is 12.4. The molecule has 20 heavy (non-hydrogen) atoms. The molecule has 6 heteroatoms. The number of hydrogen-bond donors (Lipinski definition) is 1. The zero-order valence-electron chi connectivity index (χ0n) is 11.4. The maximum Gasteiger partial charge on any atom is 0.123 e. The molecule has 1 N–H and O–H groups in total. The van der Waals surface area contributed by atoms with Gasteiger partial charge in [-0.15, -0.1) is 10.2 Å². The summed E-state index contributed by atoms with van der Waals surface area (Å²) in [7, 11) is 1.92. The first-order valence-electron chi connectivity index (χ1n) is 6.42. The molecular formula is C14H16N6. The third-order valence-corrected chi connectivity index (χ3v) is 3.17. The van der Waals surface area contributed by atoms with Crippen LogP contribution in [0, 0.1) is 0 Å². The molecule has 0 aliphatic rings. The van der Waals surface area contributed by atoms with Crippen molar-refractivity contribution in [2.45, 2.75) is 13.0 Å². The Balaban J connectivity index is 1.79. The minimum atomic E-state index is 0.194. The molecule has 3 aromatic rings. The van der Waals surface area contributed by atoms with Crippen LogP contribution in [0.5, 0.6) is 0 Å². The van der Waals surface area contributed by atoms with Gasteiger partial charge in [0.05, 0.1) is 17.9 Å². The van der Waals surface area contributed by atoms with Crippen molar-refractivity contribution in [2.75, 3.05) is 5.32 Å². The largest absolute Gasteiger partial charge is 0.378 e. The quantitative estimate of drug-likeness (QED) is 0.787. The fraction of sp³-hybridized carbons (Fsp3) is 0.214. The lowest BCUT2D eigenvalue weighted by Crippen LogP contribution is -2.06. The maximum absolute atomic E-state index is 4.19. The van der Waals surface area contributed by atoms with E-state index in [0.717, 1.165) is 16.9 Å². The van der Waals surface area contributed by atoms with Gasteiger partial charge < -0.3 is 5.32 Å². The fourth-order valence-electron chi connectivity index (χ4n) is 2.09. The highest BCUT2D eigenvalue weighted by molar-refractivity contribution is 5.52. The minimum absolute atomic E-state index is 0.194. The van der Waals surface area contributed by atoms with Crippen molar-refractivity contribution in [1.29, 1.82) is 0 Å². The number of benzene rings is 1. The van der Waals surface area contributed by atoms with Crippen LogP contribution in [0.4, 0.5) is 5.69 Å². The van der Waals surface area contributed by atoms with Crippen LogP contribution in [0.25, 0.3) is 5.69 Å². The number of aryl methyl sites for hydroxylation is 1. The predicted molar refractivity (Wildman–Crippen MR) is 76.6 cm³/mol. The van der Waals surface area contributed by atoms with Gasteiger partial charge in [-0.05, 0) is 25.1 Å². The fourth-order valence-corrected chi connectivity index (χ4v) is 2.09. The Morgan fingerprint density at radius 1 is 1.20 bits per heavy atom. The average Bonchev–Trinajstić information content (AvgIpc) is 3.10. The highest BCUT2D eigenvalue weighted by Crippen LogP contribution is 2.20. The smallest absolute Gasteiger partial charge is 0.123 e. The molecule has 6 nitrogen and oxygen atoms in total. The Labute approximate surface area is 117 Å². The minimum Gasteiger partial charge on any atom is -0.378 e. The number of nitrogens with zero attached hydrogens (tertiary/aromatic N) is 5. The Morgan fingerprint density at radius 3 is 2.70 bits per heavy atom. The zero-order valence-corrected chi connectivity index (χ0v) is 11.4. The summed E-state index contributed by atoms with van der Waals surface area (Å²) in [5.74, 6) is 0. The van der Waals surface area contributed by atoms with E-state index in [1.165, 1.54) is 0 Å². The molecule has 102 valence electrons. The van der Waals surface area contributed by atoms with E-state index in [4.69, 9.17) is 0 Å². The van der Waals surface area contributed by atoms with Gasteiger partial charge in [0.25, 0.3) is 0 Å². The lowest BCUT2D eigenvalue weighted by atomic mass is 10.1. The first-order chi connectivity index (χ1) is 9.72. The van der Waals surface area contributed by atoms with Crippen molar-refractivity contribution in [3.63, 3.8) is 0 Å². The molecule has 0 fully saturated rings. The number of nitrogens with one attached hydrogen (secondary N) is 1. The number of anilines is 1. The van der Waals surface area contributed by atoms with Gasteiger partial charge in [-0.25, -0.2) is 0 Å². The van der Waals surface area contributed by atoms with E-state index in [2.05, 4.69) is 33.6 Å². The SMILES string of the molecule is CC(Nc1cccc(-n2cnnc2)c1)c1cnn(C)c1. The third kappa shape index (κ3) is 2.54. The maximum atomic E-state index is 4.19. The number of hydrogen-bond acceptors (Lipinski definition) is 4. The van der Waals surface area contributed by atoms with E-state index in [-0.39, 0.29) is 6.04 Å². The molecule has 2 aromatic heterocycles. The molecule has 1 unspecified atom stereocenters. The summed E-state index contributed by atoms with van der Waals surface area (Å²) >= 11 is 0. The van der Waals surface area contributed by atoms with E-state index in [1.807, 2.05) is 42.2 Å². The van der Waals surface area contributed by atoms with Gasteiger partial charge in [-0.2, -0.15) is 5.10 Å². The lowest BCUT2D eigenvalue weighted by molar-refractivity contribution is 0.765. The monoisotopic (exact) mass is 268 g/mol. The van der Waals surface area contributed by atoms with Gasteiger partial charge in [-0.1, -0.05) is 6.07 Å². The van der Waals surface area contributed by atoms with Crippen LogP contribution in [-0.2, 0) is 7.05 Å². The first-order valence-corrected chi connectivity index (χ1v) is 6.42. The Kier molecular flexibility index (Phi) is 3.20. The van der Waals surface area contributed by atoms with Crippen molar-refractivity contribution in [3.05, 3.63) is 54.9 Å². The molecule has 0 saturated heterocycles. The van der Waals surface area contributed by atoms with Crippen molar-refractivity contribution >= 4 is 5.69 Å². The molecule has 0 saturated carbocycles. The van der Waals surface area contributed by atoms with Crippen LogP contribution in [0.3, 0.4) is 0 Å². The summed E-state index contributed by atoms with van der Waals surface area (Å²) in [5.41, 5.74) is 3.23. The summed E-state index contributed by atoms with van der Waals surface area (Å²) in [6.45, 7) is 2.11. The van der Waals surface area contributed by atoms with E-state index >= 15 is 0 Å². The molecule has 0 aliphatic carbocycles. The second-order valence-corrected chi connectivity index (χ2v) is 4.73. The van der Waals surface area contributed by atoms with Crippen LogP contribution in [0.15, 0.2) is 49.3 Å². The highest BCUT2D eigenvalue weighted by atomic mass is 15.2. The molecule has 3 rings (SSSR count). The van der Waals surface area contributed by atoms with Gasteiger partial charge in [0.2, 0.25) is 0 Å². The normalized spacial score (nSPS) is 12.3. The zero-order chi connectivity index (χ0) is 13.9. The van der Waals surface area contributed by atoms with Crippen molar-refractivity contribution in [2.24, 2.45) is 7.05 Å². The molecular weight excluding hydrogens is 252 g/mol. The summed E-state index contributed by atoms with van der Waals surface area (Å²) in [5, 5.41) is 15.3. The Hall–Kier alpha value is -2.63. The summed E-state index contributed by atoms with van der Waals surface area (Å²) < 4.78 is 3.68. The van der Waals surface area contributed by atoms with Gasteiger partial charge >= 0.3 is 0 Å². The molecule has 2 heterocycles.